The highest BCUT2D eigenvalue weighted by molar-refractivity contribution is 6.03. The molecule has 0 saturated carbocycles. The van der Waals surface area contributed by atoms with Gasteiger partial charge in [-0.3, -0.25) is 9.78 Å². The first-order valence-electron chi connectivity index (χ1n) is 7.80. The van der Waals surface area contributed by atoms with Crippen LogP contribution >= 0.6 is 0 Å². The van der Waals surface area contributed by atoms with E-state index in [-0.39, 0.29) is 11.6 Å². The van der Waals surface area contributed by atoms with Crippen molar-refractivity contribution in [1.29, 1.82) is 0 Å². The van der Waals surface area contributed by atoms with Crippen LogP contribution in [0.2, 0.25) is 0 Å². The summed E-state index contributed by atoms with van der Waals surface area (Å²) < 4.78 is 5.62. The second-order valence-corrected chi connectivity index (χ2v) is 4.94. The minimum absolute atomic E-state index is 0.268. The monoisotopic (exact) mass is 327 g/mol. The van der Waals surface area contributed by atoms with E-state index in [1.165, 1.54) is 0 Å². The molecule has 7 nitrogen and oxygen atoms in total. The summed E-state index contributed by atoms with van der Waals surface area (Å²) in [5.74, 6) is 0.634. The molecule has 0 atom stereocenters. The number of ether oxygens (including phenoxy) is 1. The number of carbonyl (C=O) groups excluding carboxylic acids is 1. The number of pyridine rings is 1. The van der Waals surface area contributed by atoms with E-state index < -0.39 is 0 Å². The summed E-state index contributed by atoms with van der Waals surface area (Å²) in [5, 5.41) is 5.82. The summed E-state index contributed by atoms with van der Waals surface area (Å²) in [5.41, 5.74) is 0.762. The molecule has 0 aliphatic heterocycles. The van der Waals surface area contributed by atoms with Gasteiger partial charge in [-0.25, -0.2) is 9.97 Å². The maximum absolute atomic E-state index is 12.4. The molecule has 126 valence electrons. The Balaban J connectivity index is 2.08. The van der Waals surface area contributed by atoms with Gasteiger partial charge in [0.05, 0.1) is 12.8 Å². The molecule has 0 fully saturated rings. The predicted molar refractivity (Wildman–Crippen MR) is 93.3 cm³/mol. The minimum atomic E-state index is -0.349. The van der Waals surface area contributed by atoms with E-state index in [0.717, 1.165) is 13.0 Å². The van der Waals surface area contributed by atoms with Crippen LogP contribution in [0, 0.1) is 0 Å². The average molecular weight is 327 g/mol. The minimum Gasteiger partial charge on any atom is -0.491 e. The first-order valence-corrected chi connectivity index (χ1v) is 7.80. The lowest BCUT2D eigenvalue weighted by molar-refractivity contribution is 0.102. The fourth-order valence-electron chi connectivity index (χ4n) is 1.85. The number of aromatic nitrogens is 3. The lowest BCUT2D eigenvalue weighted by atomic mass is 10.3. The number of hydrogen-bond donors (Lipinski definition) is 2. The van der Waals surface area contributed by atoms with Crippen molar-refractivity contribution in [2.45, 2.75) is 19.8 Å². The summed E-state index contributed by atoms with van der Waals surface area (Å²) in [7, 11) is 0. The second kappa shape index (κ2) is 9.24. The molecule has 0 aliphatic rings. The van der Waals surface area contributed by atoms with Gasteiger partial charge in [-0.2, -0.15) is 0 Å². The van der Waals surface area contributed by atoms with Gasteiger partial charge in [-0.05, 0) is 18.9 Å². The maximum Gasteiger partial charge on any atom is 0.274 e. The van der Waals surface area contributed by atoms with E-state index in [1.54, 1.807) is 36.8 Å². The largest absolute Gasteiger partial charge is 0.491 e. The van der Waals surface area contributed by atoms with Crippen LogP contribution in [-0.2, 0) is 0 Å². The summed E-state index contributed by atoms with van der Waals surface area (Å²) in [4.78, 5) is 24.7. The number of amides is 1. The smallest absolute Gasteiger partial charge is 0.274 e. The first kappa shape index (κ1) is 17.4. The Morgan fingerprint density at radius 3 is 3.04 bits per heavy atom. The van der Waals surface area contributed by atoms with Gasteiger partial charge in [-0.15, -0.1) is 6.58 Å². The van der Waals surface area contributed by atoms with Crippen LogP contribution in [0.25, 0.3) is 0 Å². The Labute approximate surface area is 141 Å². The molecule has 2 heterocycles. The van der Waals surface area contributed by atoms with Crippen molar-refractivity contribution in [3.8, 4) is 5.75 Å². The SMILES string of the molecule is C=CCCOc1ccncc1NC(=O)c1ccnc(NCCC)n1. The number of hydrogen-bond acceptors (Lipinski definition) is 6. The molecule has 0 aliphatic carbocycles. The van der Waals surface area contributed by atoms with Crippen LogP contribution in [0.15, 0.2) is 43.4 Å². The molecule has 0 radical (unpaired) electrons. The Kier molecular flexibility index (Phi) is 6.70. The van der Waals surface area contributed by atoms with E-state index in [4.69, 9.17) is 4.74 Å². The van der Waals surface area contributed by atoms with E-state index >= 15 is 0 Å². The highest BCUT2D eigenvalue weighted by Gasteiger charge is 2.12. The molecule has 0 bridgehead atoms. The van der Waals surface area contributed by atoms with Gasteiger partial charge < -0.3 is 15.4 Å². The molecule has 24 heavy (non-hydrogen) atoms. The Morgan fingerprint density at radius 2 is 2.25 bits per heavy atom. The molecule has 2 aromatic heterocycles. The summed E-state index contributed by atoms with van der Waals surface area (Å²) in [6.07, 6.45) is 8.12. The van der Waals surface area contributed by atoms with Crippen molar-refractivity contribution in [1.82, 2.24) is 15.0 Å². The first-order chi connectivity index (χ1) is 11.7. The molecule has 0 saturated heterocycles. The topological polar surface area (TPSA) is 89.0 Å². The Bertz CT molecular complexity index is 690. The molecule has 2 rings (SSSR count). The van der Waals surface area contributed by atoms with Gasteiger partial charge in [0.25, 0.3) is 5.91 Å². The zero-order chi connectivity index (χ0) is 17.2. The molecule has 0 aromatic carbocycles. The van der Waals surface area contributed by atoms with Crippen molar-refractivity contribution >= 4 is 17.5 Å². The molecule has 0 spiro atoms. The van der Waals surface area contributed by atoms with E-state index in [2.05, 4.69) is 32.2 Å². The number of nitrogens with one attached hydrogen (secondary N) is 2. The van der Waals surface area contributed by atoms with Crippen molar-refractivity contribution in [3.63, 3.8) is 0 Å². The standard InChI is InChI=1S/C17H21N5O2/c1-3-5-11-24-15-7-9-18-12-14(15)21-16(23)13-6-10-20-17(22-13)19-8-4-2/h3,6-7,9-10,12H,1,4-5,8,11H2,2H3,(H,21,23)(H,19,20,22). The van der Waals surface area contributed by atoms with Gasteiger partial charge in [0.1, 0.15) is 17.1 Å². The third kappa shape index (κ3) is 5.05. The summed E-state index contributed by atoms with van der Waals surface area (Å²) in [6.45, 7) is 6.92. The quantitative estimate of drug-likeness (QED) is 0.544. The van der Waals surface area contributed by atoms with E-state index in [1.807, 2.05) is 6.92 Å². The van der Waals surface area contributed by atoms with Crippen LogP contribution in [0.4, 0.5) is 11.6 Å². The second-order valence-electron chi connectivity index (χ2n) is 4.94. The highest BCUT2D eigenvalue weighted by atomic mass is 16.5. The average Bonchev–Trinajstić information content (AvgIpc) is 2.62. The van der Waals surface area contributed by atoms with E-state index in [0.29, 0.717) is 30.4 Å². The fourth-order valence-corrected chi connectivity index (χ4v) is 1.85. The molecule has 2 aromatic rings. The number of carbonyl (C=O) groups is 1. The van der Waals surface area contributed by atoms with Crippen molar-refractivity contribution in [2.24, 2.45) is 0 Å². The summed E-state index contributed by atoms with van der Waals surface area (Å²) in [6, 6.07) is 3.26. The lowest BCUT2D eigenvalue weighted by Gasteiger charge is -2.11. The van der Waals surface area contributed by atoms with Gasteiger partial charge in [0.15, 0.2) is 0 Å². The third-order valence-electron chi connectivity index (χ3n) is 3.03. The van der Waals surface area contributed by atoms with E-state index in [9.17, 15) is 4.79 Å². The number of nitrogens with zero attached hydrogens (tertiary/aromatic N) is 3. The maximum atomic E-state index is 12.4. The molecule has 0 unspecified atom stereocenters. The van der Waals surface area contributed by atoms with Gasteiger partial charge in [-0.1, -0.05) is 13.0 Å². The zero-order valence-corrected chi connectivity index (χ0v) is 13.7. The molecular formula is C17H21N5O2. The zero-order valence-electron chi connectivity index (χ0n) is 13.7. The van der Waals surface area contributed by atoms with Crippen molar-refractivity contribution in [3.05, 3.63) is 49.1 Å². The Hall–Kier alpha value is -2.96. The van der Waals surface area contributed by atoms with Crippen LogP contribution in [0.1, 0.15) is 30.3 Å². The third-order valence-corrected chi connectivity index (χ3v) is 3.03. The lowest BCUT2D eigenvalue weighted by Crippen LogP contribution is -2.16. The van der Waals surface area contributed by atoms with Crippen LogP contribution < -0.4 is 15.4 Å². The van der Waals surface area contributed by atoms with Gasteiger partial charge >= 0.3 is 0 Å². The Morgan fingerprint density at radius 1 is 1.38 bits per heavy atom. The fraction of sp³-hybridized carbons (Fsp3) is 0.294. The number of rotatable bonds is 9. The van der Waals surface area contributed by atoms with Crippen LogP contribution in [-0.4, -0.2) is 34.0 Å². The highest BCUT2D eigenvalue weighted by Crippen LogP contribution is 2.23. The number of anilines is 2. The molecule has 7 heteroatoms. The van der Waals surface area contributed by atoms with Crippen LogP contribution in [0.5, 0.6) is 5.75 Å². The van der Waals surface area contributed by atoms with Crippen LogP contribution in [0.3, 0.4) is 0 Å². The predicted octanol–water partition coefficient (Wildman–Crippen LogP) is 2.90. The van der Waals surface area contributed by atoms with Crippen molar-refractivity contribution < 1.29 is 9.53 Å². The van der Waals surface area contributed by atoms with Gasteiger partial charge in [0.2, 0.25) is 5.95 Å². The van der Waals surface area contributed by atoms with Gasteiger partial charge in [0, 0.05) is 25.0 Å². The molecular weight excluding hydrogens is 306 g/mol. The molecule has 1 amide bonds. The summed E-state index contributed by atoms with van der Waals surface area (Å²) >= 11 is 0. The normalized spacial score (nSPS) is 10.0. The van der Waals surface area contributed by atoms with Crippen molar-refractivity contribution in [2.75, 3.05) is 23.8 Å². The molecule has 2 N–H and O–H groups in total.